The lowest BCUT2D eigenvalue weighted by atomic mass is 10.1. The van der Waals surface area contributed by atoms with Gasteiger partial charge < -0.3 is 14.2 Å². The van der Waals surface area contributed by atoms with Gasteiger partial charge in [0.05, 0.1) is 20.3 Å². The average molecular weight is 318 g/mol. The smallest absolute Gasteiger partial charge is 0.330 e. The summed E-state index contributed by atoms with van der Waals surface area (Å²) >= 11 is 0. The van der Waals surface area contributed by atoms with Crippen LogP contribution in [-0.4, -0.2) is 32.3 Å². The van der Waals surface area contributed by atoms with Gasteiger partial charge in [-0.15, -0.1) is 0 Å². The van der Waals surface area contributed by atoms with Crippen LogP contribution in [-0.2, 0) is 19.1 Å². The minimum atomic E-state index is -0.405. The van der Waals surface area contributed by atoms with Crippen LogP contribution in [0.1, 0.15) is 24.0 Å². The first kappa shape index (κ1) is 18.5. The molecule has 1 rings (SSSR count). The molecule has 5 nitrogen and oxygen atoms in total. The number of hydrogen-bond donors (Lipinski definition) is 0. The van der Waals surface area contributed by atoms with Crippen molar-refractivity contribution in [1.29, 1.82) is 0 Å². The zero-order valence-electron chi connectivity index (χ0n) is 13.5. The number of aryl methyl sites for hydroxylation is 1. The lowest BCUT2D eigenvalue weighted by Crippen LogP contribution is -2.04. The van der Waals surface area contributed by atoms with Gasteiger partial charge in [0.25, 0.3) is 0 Å². The van der Waals surface area contributed by atoms with Crippen molar-refractivity contribution in [3.63, 3.8) is 0 Å². The number of carbonyl (C=O) groups is 2. The van der Waals surface area contributed by atoms with Crippen molar-refractivity contribution in [3.8, 4) is 5.75 Å². The molecule has 0 aliphatic carbocycles. The molecule has 0 bridgehead atoms. The van der Waals surface area contributed by atoms with Crippen LogP contribution in [0.4, 0.5) is 0 Å². The molecule has 0 aliphatic heterocycles. The number of carbonyl (C=O) groups excluding carboxylic acids is 2. The minimum Gasteiger partial charge on any atom is -0.494 e. The van der Waals surface area contributed by atoms with Gasteiger partial charge in [-0.1, -0.05) is 12.6 Å². The van der Waals surface area contributed by atoms with Gasteiger partial charge in [-0.3, -0.25) is 0 Å². The van der Waals surface area contributed by atoms with E-state index in [2.05, 4.69) is 11.3 Å². The van der Waals surface area contributed by atoms with Crippen LogP contribution in [0.2, 0.25) is 0 Å². The second kappa shape index (κ2) is 10.2. The monoisotopic (exact) mass is 318 g/mol. The van der Waals surface area contributed by atoms with Crippen LogP contribution in [0, 0.1) is 6.92 Å². The van der Waals surface area contributed by atoms with E-state index in [0.717, 1.165) is 35.8 Å². The number of esters is 2. The van der Waals surface area contributed by atoms with E-state index in [9.17, 15) is 9.59 Å². The Bertz CT molecular complexity index is 575. The normalized spacial score (nSPS) is 10.3. The van der Waals surface area contributed by atoms with Crippen molar-refractivity contribution in [2.45, 2.75) is 19.8 Å². The predicted molar refractivity (Wildman–Crippen MR) is 88.1 cm³/mol. The average Bonchev–Trinajstić information content (AvgIpc) is 2.56. The van der Waals surface area contributed by atoms with E-state index in [-0.39, 0.29) is 5.97 Å². The number of benzene rings is 1. The van der Waals surface area contributed by atoms with Crippen LogP contribution in [0.5, 0.6) is 5.75 Å². The molecular formula is C18H22O5. The van der Waals surface area contributed by atoms with E-state index < -0.39 is 5.97 Å². The molecule has 0 aromatic heterocycles. The van der Waals surface area contributed by atoms with Crippen molar-refractivity contribution in [2.24, 2.45) is 0 Å². The van der Waals surface area contributed by atoms with Crippen molar-refractivity contribution in [1.82, 2.24) is 0 Å². The third-order valence-electron chi connectivity index (χ3n) is 3.06. The van der Waals surface area contributed by atoms with Crippen LogP contribution < -0.4 is 4.74 Å². The number of methoxy groups -OCH3 is 1. The van der Waals surface area contributed by atoms with E-state index in [0.29, 0.717) is 13.2 Å². The summed E-state index contributed by atoms with van der Waals surface area (Å²) in [6, 6.07) is 5.65. The highest BCUT2D eigenvalue weighted by atomic mass is 16.5. The second-order valence-corrected chi connectivity index (χ2v) is 4.80. The van der Waals surface area contributed by atoms with Crippen molar-refractivity contribution >= 4 is 18.0 Å². The first-order valence-corrected chi connectivity index (χ1v) is 7.35. The fourth-order valence-corrected chi connectivity index (χ4v) is 1.78. The topological polar surface area (TPSA) is 61.8 Å². The summed E-state index contributed by atoms with van der Waals surface area (Å²) < 4.78 is 15.1. The number of ether oxygens (including phenoxy) is 3. The third kappa shape index (κ3) is 7.31. The highest BCUT2D eigenvalue weighted by molar-refractivity contribution is 5.87. The minimum absolute atomic E-state index is 0.366. The zero-order valence-corrected chi connectivity index (χ0v) is 13.5. The molecule has 0 aliphatic rings. The predicted octanol–water partition coefficient (Wildman–Crippen LogP) is 3.07. The third-order valence-corrected chi connectivity index (χ3v) is 3.06. The number of hydrogen-bond acceptors (Lipinski definition) is 5. The van der Waals surface area contributed by atoms with E-state index in [1.54, 1.807) is 6.08 Å². The Morgan fingerprint density at radius 2 is 1.91 bits per heavy atom. The molecule has 0 fully saturated rings. The Labute approximate surface area is 136 Å². The molecule has 0 atom stereocenters. The lowest BCUT2D eigenvalue weighted by Gasteiger charge is -2.08. The maximum absolute atomic E-state index is 11.1. The first-order valence-electron chi connectivity index (χ1n) is 7.35. The first-order chi connectivity index (χ1) is 11.1. The summed E-state index contributed by atoms with van der Waals surface area (Å²) in [5, 5.41) is 0. The van der Waals surface area contributed by atoms with Gasteiger partial charge in [0.15, 0.2) is 0 Å². The van der Waals surface area contributed by atoms with Gasteiger partial charge in [-0.2, -0.15) is 0 Å². The lowest BCUT2D eigenvalue weighted by molar-refractivity contribution is -0.138. The molecule has 0 N–H and O–H groups in total. The van der Waals surface area contributed by atoms with Crippen molar-refractivity contribution in [3.05, 3.63) is 48.1 Å². The van der Waals surface area contributed by atoms with Crippen LogP contribution in [0.25, 0.3) is 6.08 Å². The molecule has 0 unspecified atom stereocenters. The van der Waals surface area contributed by atoms with E-state index in [1.165, 1.54) is 13.2 Å². The zero-order chi connectivity index (χ0) is 17.1. The molecule has 0 saturated heterocycles. The Balaban J connectivity index is 2.37. The van der Waals surface area contributed by atoms with Gasteiger partial charge >= 0.3 is 11.9 Å². The molecule has 0 spiro atoms. The van der Waals surface area contributed by atoms with Crippen LogP contribution >= 0.6 is 0 Å². The van der Waals surface area contributed by atoms with E-state index in [1.807, 2.05) is 25.1 Å². The van der Waals surface area contributed by atoms with Crippen LogP contribution in [0.15, 0.2) is 36.9 Å². The summed E-state index contributed by atoms with van der Waals surface area (Å²) in [5.41, 5.74) is 1.93. The Morgan fingerprint density at radius 1 is 1.17 bits per heavy atom. The van der Waals surface area contributed by atoms with Crippen molar-refractivity contribution < 1.29 is 23.8 Å². The molecule has 124 valence electrons. The van der Waals surface area contributed by atoms with E-state index >= 15 is 0 Å². The van der Waals surface area contributed by atoms with Gasteiger partial charge in [0, 0.05) is 12.2 Å². The van der Waals surface area contributed by atoms with Crippen LogP contribution in [0.3, 0.4) is 0 Å². The second-order valence-electron chi connectivity index (χ2n) is 4.80. The van der Waals surface area contributed by atoms with Crippen molar-refractivity contribution in [2.75, 3.05) is 20.3 Å². The highest BCUT2D eigenvalue weighted by Gasteiger charge is 2.01. The molecule has 0 radical (unpaired) electrons. The molecule has 23 heavy (non-hydrogen) atoms. The van der Waals surface area contributed by atoms with Gasteiger partial charge in [-0.25, -0.2) is 9.59 Å². The van der Waals surface area contributed by atoms with Gasteiger partial charge in [0.2, 0.25) is 0 Å². The summed E-state index contributed by atoms with van der Waals surface area (Å²) in [4.78, 5) is 21.9. The molecule has 0 amide bonds. The SMILES string of the molecule is C=CC(=O)OCCCCOc1ccc(/C=C/C(=O)OC)c(C)c1. The Hall–Kier alpha value is -2.56. The largest absolute Gasteiger partial charge is 0.494 e. The summed E-state index contributed by atoms with van der Waals surface area (Å²) in [6.07, 6.45) is 5.76. The summed E-state index contributed by atoms with van der Waals surface area (Å²) in [7, 11) is 1.34. The van der Waals surface area contributed by atoms with E-state index in [4.69, 9.17) is 9.47 Å². The summed E-state index contributed by atoms with van der Waals surface area (Å²) in [6.45, 7) is 6.18. The molecule has 0 saturated carbocycles. The quantitative estimate of drug-likeness (QED) is 0.398. The molecule has 1 aromatic rings. The molecule has 5 heteroatoms. The molecular weight excluding hydrogens is 296 g/mol. The Kier molecular flexibility index (Phi) is 8.21. The van der Waals surface area contributed by atoms with Gasteiger partial charge in [-0.05, 0) is 49.1 Å². The standard InChI is InChI=1S/C18H22O5/c1-4-17(19)23-12-6-5-11-22-16-9-7-15(14(2)13-16)8-10-18(20)21-3/h4,7-10,13H,1,5-6,11-12H2,2-3H3/b10-8+. The number of rotatable bonds is 9. The maximum atomic E-state index is 11.1. The summed E-state index contributed by atoms with van der Waals surface area (Å²) in [5.74, 6) is -0.0279. The fourth-order valence-electron chi connectivity index (χ4n) is 1.78. The Morgan fingerprint density at radius 3 is 2.57 bits per heavy atom. The van der Waals surface area contributed by atoms with Gasteiger partial charge in [0.1, 0.15) is 5.75 Å². The fraction of sp³-hybridized carbons (Fsp3) is 0.333. The molecule has 1 aromatic carbocycles. The highest BCUT2D eigenvalue weighted by Crippen LogP contribution is 2.18. The molecule has 0 heterocycles. The number of unbranched alkanes of at least 4 members (excludes halogenated alkanes) is 1. The maximum Gasteiger partial charge on any atom is 0.330 e.